The molecule has 1 atom stereocenters. The van der Waals surface area contributed by atoms with Gasteiger partial charge in [0.15, 0.2) is 0 Å². The molecule has 1 aromatic heterocycles. The van der Waals surface area contributed by atoms with Gasteiger partial charge in [0.1, 0.15) is 0 Å². The predicted molar refractivity (Wildman–Crippen MR) is 71.6 cm³/mol. The molecule has 4 heteroatoms. The van der Waals surface area contributed by atoms with Crippen molar-refractivity contribution in [2.45, 2.75) is 31.9 Å². The smallest absolute Gasteiger partial charge is 0.0717 e. The van der Waals surface area contributed by atoms with Crippen molar-refractivity contribution in [3.8, 4) is 0 Å². The van der Waals surface area contributed by atoms with Gasteiger partial charge in [-0.1, -0.05) is 6.42 Å². The lowest BCUT2D eigenvalue weighted by Crippen LogP contribution is -2.55. The third-order valence-corrected chi connectivity index (χ3v) is 4.23. The van der Waals surface area contributed by atoms with Crippen molar-refractivity contribution in [3.63, 3.8) is 0 Å². The summed E-state index contributed by atoms with van der Waals surface area (Å²) in [5, 5.41) is 9.40. The monoisotopic (exact) mass is 247 g/mol. The molecule has 0 aliphatic carbocycles. The van der Waals surface area contributed by atoms with Crippen molar-refractivity contribution < 1.29 is 5.11 Å². The average Bonchev–Trinajstić information content (AvgIpc) is 2.46. The van der Waals surface area contributed by atoms with Crippen LogP contribution in [-0.4, -0.2) is 47.2 Å². The van der Waals surface area contributed by atoms with E-state index in [1.165, 1.54) is 25.8 Å². The summed E-state index contributed by atoms with van der Waals surface area (Å²) in [6.45, 7) is 4.65. The van der Waals surface area contributed by atoms with E-state index in [0.717, 1.165) is 30.9 Å². The number of piperidine rings is 1. The van der Waals surface area contributed by atoms with Gasteiger partial charge in [0, 0.05) is 49.3 Å². The molecule has 2 aliphatic rings. The number of piperazine rings is 1. The van der Waals surface area contributed by atoms with E-state index in [9.17, 15) is 5.11 Å². The first kappa shape index (κ1) is 11.9. The van der Waals surface area contributed by atoms with E-state index in [2.05, 4.69) is 14.8 Å². The molecule has 98 valence electrons. The van der Waals surface area contributed by atoms with Gasteiger partial charge in [-0.05, 0) is 25.5 Å². The average molecular weight is 247 g/mol. The number of anilines is 1. The molecule has 0 spiro atoms. The van der Waals surface area contributed by atoms with E-state index in [4.69, 9.17) is 0 Å². The number of pyridine rings is 1. The molecule has 1 aromatic rings. The zero-order valence-corrected chi connectivity index (χ0v) is 10.8. The number of aromatic nitrogens is 1. The van der Waals surface area contributed by atoms with Gasteiger partial charge in [0.25, 0.3) is 0 Å². The molecule has 4 nitrogen and oxygen atoms in total. The van der Waals surface area contributed by atoms with Crippen LogP contribution < -0.4 is 4.90 Å². The molecule has 0 amide bonds. The fraction of sp³-hybridized carbons (Fsp3) is 0.643. The maximum absolute atomic E-state index is 9.40. The van der Waals surface area contributed by atoms with Crippen LogP contribution in [0.2, 0.25) is 0 Å². The first-order valence-corrected chi connectivity index (χ1v) is 6.91. The standard InChI is InChI=1S/C14H21N3O/c18-11-12-9-15-5-4-14(12)17-8-7-16-6-2-1-3-13(16)10-17/h4-5,9,13,18H,1-3,6-8,10-11H2. The Morgan fingerprint density at radius 2 is 2.22 bits per heavy atom. The molecule has 3 heterocycles. The number of fused-ring (bicyclic) bond motifs is 1. The molecule has 2 aliphatic heterocycles. The number of rotatable bonds is 2. The molecule has 0 saturated carbocycles. The van der Waals surface area contributed by atoms with Gasteiger partial charge in [0.05, 0.1) is 6.61 Å². The lowest BCUT2D eigenvalue weighted by atomic mass is 9.99. The van der Waals surface area contributed by atoms with E-state index >= 15 is 0 Å². The fourth-order valence-corrected chi connectivity index (χ4v) is 3.22. The summed E-state index contributed by atoms with van der Waals surface area (Å²) in [5.74, 6) is 0. The number of hydrogen-bond donors (Lipinski definition) is 1. The molecule has 0 aromatic carbocycles. The second-order valence-electron chi connectivity index (χ2n) is 5.29. The van der Waals surface area contributed by atoms with Crippen molar-refractivity contribution >= 4 is 5.69 Å². The maximum Gasteiger partial charge on any atom is 0.0717 e. The van der Waals surface area contributed by atoms with Gasteiger partial charge in [-0.25, -0.2) is 0 Å². The van der Waals surface area contributed by atoms with E-state index < -0.39 is 0 Å². The molecule has 3 rings (SSSR count). The highest BCUT2D eigenvalue weighted by Crippen LogP contribution is 2.26. The number of nitrogens with zero attached hydrogens (tertiary/aromatic N) is 3. The Morgan fingerprint density at radius 3 is 3.11 bits per heavy atom. The van der Waals surface area contributed by atoms with Crippen LogP contribution in [0.5, 0.6) is 0 Å². The highest BCUT2D eigenvalue weighted by atomic mass is 16.3. The minimum Gasteiger partial charge on any atom is -0.392 e. The topological polar surface area (TPSA) is 39.6 Å². The largest absolute Gasteiger partial charge is 0.392 e. The van der Waals surface area contributed by atoms with Crippen LogP contribution in [0, 0.1) is 0 Å². The molecular weight excluding hydrogens is 226 g/mol. The first-order chi connectivity index (χ1) is 8.88. The molecular formula is C14H21N3O. The molecule has 0 radical (unpaired) electrons. The zero-order chi connectivity index (χ0) is 12.4. The highest BCUT2D eigenvalue weighted by Gasteiger charge is 2.29. The Balaban J connectivity index is 1.77. The van der Waals surface area contributed by atoms with Gasteiger partial charge in [0.2, 0.25) is 0 Å². The van der Waals surface area contributed by atoms with Gasteiger partial charge < -0.3 is 10.0 Å². The summed E-state index contributed by atoms with van der Waals surface area (Å²) in [7, 11) is 0. The molecule has 18 heavy (non-hydrogen) atoms. The van der Waals surface area contributed by atoms with Crippen LogP contribution in [0.15, 0.2) is 18.5 Å². The molecule has 0 bridgehead atoms. The number of hydrogen-bond acceptors (Lipinski definition) is 4. The predicted octanol–water partition coefficient (Wildman–Crippen LogP) is 1.25. The molecule has 1 N–H and O–H groups in total. The summed E-state index contributed by atoms with van der Waals surface area (Å²) in [6.07, 6.45) is 7.63. The highest BCUT2D eigenvalue weighted by molar-refractivity contribution is 5.52. The zero-order valence-electron chi connectivity index (χ0n) is 10.8. The van der Waals surface area contributed by atoms with E-state index in [0.29, 0.717) is 6.04 Å². The van der Waals surface area contributed by atoms with E-state index in [1.807, 2.05) is 12.3 Å². The summed E-state index contributed by atoms with van der Waals surface area (Å²) < 4.78 is 0. The Kier molecular flexibility index (Phi) is 3.48. The van der Waals surface area contributed by atoms with Crippen LogP contribution in [0.1, 0.15) is 24.8 Å². The molecule has 1 unspecified atom stereocenters. The SMILES string of the molecule is OCc1cnccc1N1CCN2CCCCC2C1. The van der Waals surface area contributed by atoms with E-state index in [1.54, 1.807) is 6.20 Å². The Hall–Kier alpha value is -1.13. The number of aliphatic hydroxyl groups is 1. The fourth-order valence-electron chi connectivity index (χ4n) is 3.22. The minimum atomic E-state index is 0.0774. The van der Waals surface area contributed by atoms with Crippen molar-refractivity contribution in [1.29, 1.82) is 0 Å². The van der Waals surface area contributed by atoms with Crippen molar-refractivity contribution in [1.82, 2.24) is 9.88 Å². The maximum atomic E-state index is 9.40. The second kappa shape index (κ2) is 5.24. The summed E-state index contributed by atoms with van der Waals surface area (Å²) in [5.41, 5.74) is 2.11. The third-order valence-electron chi connectivity index (χ3n) is 4.23. The van der Waals surface area contributed by atoms with Gasteiger partial charge >= 0.3 is 0 Å². The van der Waals surface area contributed by atoms with Crippen molar-refractivity contribution in [2.24, 2.45) is 0 Å². The van der Waals surface area contributed by atoms with Gasteiger partial charge in [-0.15, -0.1) is 0 Å². The van der Waals surface area contributed by atoms with Crippen molar-refractivity contribution in [3.05, 3.63) is 24.0 Å². The lowest BCUT2D eigenvalue weighted by molar-refractivity contribution is 0.133. The minimum absolute atomic E-state index is 0.0774. The molecule has 2 saturated heterocycles. The normalized spacial score (nSPS) is 24.9. The van der Waals surface area contributed by atoms with Gasteiger partial charge in [-0.3, -0.25) is 9.88 Å². The van der Waals surface area contributed by atoms with Crippen LogP contribution in [0.25, 0.3) is 0 Å². The van der Waals surface area contributed by atoms with Crippen LogP contribution in [0.4, 0.5) is 5.69 Å². The lowest BCUT2D eigenvalue weighted by Gasteiger charge is -2.45. The summed E-state index contributed by atoms with van der Waals surface area (Å²) in [6, 6.07) is 2.73. The van der Waals surface area contributed by atoms with E-state index in [-0.39, 0.29) is 6.61 Å². The quantitative estimate of drug-likeness (QED) is 0.854. The van der Waals surface area contributed by atoms with Crippen molar-refractivity contribution in [2.75, 3.05) is 31.1 Å². The Bertz CT molecular complexity index is 410. The third kappa shape index (κ3) is 2.22. The van der Waals surface area contributed by atoms with Gasteiger partial charge in [-0.2, -0.15) is 0 Å². The molecule has 2 fully saturated rings. The Morgan fingerprint density at radius 1 is 1.28 bits per heavy atom. The van der Waals surface area contributed by atoms with Crippen LogP contribution >= 0.6 is 0 Å². The summed E-state index contributed by atoms with van der Waals surface area (Å²) >= 11 is 0. The first-order valence-electron chi connectivity index (χ1n) is 6.91. The number of aliphatic hydroxyl groups excluding tert-OH is 1. The second-order valence-corrected chi connectivity index (χ2v) is 5.29. The van der Waals surface area contributed by atoms with Crippen LogP contribution in [0.3, 0.4) is 0 Å². The Labute approximate surface area is 108 Å². The summed E-state index contributed by atoms with van der Waals surface area (Å²) in [4.78, 5) is 9.14. The van der Waals surface area contributed by atoms with Crippen LogP contribution in [-0.2, 0) is 6.61 Å².